The number of imidazole rings is 2. The fraction of sp³-hybridized carbons (Fsp3) is 0.373. The minimum atomic E-state index is -5.60. The second kappa shape index (κ2) is 20.7. The molecule has 2 aliphatic heterocycles. The number of nitrogens with one attached hydrogen (secondary N) is 4. The van der Waals surface area contributed by atoms with Gasteiger partial charge in [-0.15, -0.1) is 0 Å². The highest BCUT2D eigenvalue weighted by Gasteiger charge is 2.47. The van der Waals surface area contributed by atoms with E-state index in [4.69, 9.17) is 9.47 Å². The lowest BCUT2D eigenvalue weighted by atomic mass is 10.0. The maximum atomic E-state index is 13.7. The molecule has 72 heavy (non-hydrogen) atoms. The summed E-state index contributed by atoms with van der Waals surface area (Å²) in [5.41, 5.74) is 0.718. The molecule has 2 aliphatic rings. The van der Waals surface area contributed by atoms with E-state index in [2.05, 4.69) is 30.6 Å². The smallest absolute Gasteiger partial charge is 0.453 e. The third kappa shape index (κ3) is 10.2. The van der Waals surface area contributed by atoms with E-state index in [0.717, 1.165) is 47.2 Å². The van der Waals surface area contributed by atoms with Gasteiger partial charge in [0.1, 0.15) is 23.7 Å². The number of aromatic nitrogens is 5. The summed E-state index contributed by atoms with van der Waals surface area (Å²) in [5, 5.41) is 5.32. The Labute approximate surface area is 414 Å². The van der Waals surface area contributed by atoms with Crippen LogP contribution in [0.5, 0.6) is 0 Å². The lowest BCUT2D eigenvalue weighted by molar-refractivity contribution is -0.136. The predicted molar refractivity (Wildman–Crippen MR) is 261 cm³/mol. The number of amides is 4. The number of H-pyrrole nitrogens is 2. The van der Waals surface area contributed by atoms with E-state index in [1.54, 1.807) is 22.2 Å². The molecule has 5 heterocycles. The van der Waals surface area contributed by atoms with Gasteiger partial charge >= 0.3 is 17.7 Å². The fourth-order valence-corrected chi connectivity index (χ4v) is 10.2. The summed E-state index contributed by atoms with van der Waals surface area (Å²) in [6.07, 6.45) is 4.89. The summed E-state index contributed by atoms with van der Waals surface area (Å²) < 4.78 is 76.8. The number of ether oxygens (including phenoxy) is 2. The Bertz CT molecular complexity index is 2880. The lowest BCUT2D eigenvalue weighted by Gasteiger charge is -2.30. The van der Waals surface area contributed by atoms with Gasteiger partial charge in [0.2, 0.25) is 11.8 Å². The molecule has 0 spiro atoms. The first kappa shape index (κ1) is 51.0. The maximum Gasteiger partial charge on any atom is 0.501 e. The molecule has 0 unspecified atom stereocenters. The van der Waals surface area contributed by atoms with Crippen molar-refractivity contribution in [3.8, 4) is 50.7 Å². The molecule has 4 amide bonds. The maximum absolute atomic E-state index is 13.7. The van der Waals surface area contributed by atoms with Crippen molar-refractivity contribution in [2.24, 2.45) is 11.8 Å². The molecule has 8 rings (SSSR count). The molecule has 3 aromatic heterocycles. The molecule has 380 valence electrons. The van der Waals surface area contributed by atoms with Crippen LogP contribution >= 0.6 is 0 Å². The Morgan fingerprint density at radius 1 is 0.625 bits per heavy atom. The van der Waals surface area contributed by atoms with Gasteiger partial charge in [0.25, 0.3) is 9.84 Å². The molecule has 0 bridgehead atoms. The lowest BCUT2D eigenvalue weighted by Crippen LogP contribution is -2.51. The average Bonchev–Trinajstić information content (AvgIpc) is 4.24. The molecule has 6 aromatic rings. The molecule has 4 atom stereocenters. The third-order valence-corrected chi connectivity index (χ3v) is 14.8. The summed E-state index contributed by atoms with van der Waals surface area (Å²) in [7, 11) is -3.11. The number of aromatic amines is 2. The van der Waals surface area contributed by atoms with Crippen molar-refractivity contribution in [3.63, 3.8) is 0 Å². The standard InChI is InChI=1S/C51H56F3N9O8S/c1-29(2)43(59-49(66)70-5)47(64)61-25-7-9-41(61)45-55-27-37(57-45)31-11-15-33(16-12-31)39-23-24-40(63(39)35-19-21-36(22-20-35)72(68,69)51(52,53)54)34-17-13-32(14-18-34)38-28-56-46(58-38)42-10-8-26-62(42)48(65)44(30(3)4)60-50(67)71-6/h11-24,27-30,41-44H,7-10,25-26H2,1-6H3,(H,55,57)(H,56,58)(H,59,66)(H,60,67)/t41-,42-,43-,44-/m0/s1. The molecule has 2 saturated heterocycles. The van der Waals surface area contributed by atoms with E-state index >= 15 is 0 Å². The van der Waals surface area contributed by atoms with Crippen molar-refractivity contribution < 1.29 is 50.2 Å². The highest BCUT2D eigenvalue weighted by Crippen LogP contribution is 2.38. The third-order valence-electron chi connectivity index (χ3n) is 13.3. The van der Waals surface area contributed by atoms with E-state index < -0.39 is 44.5 Å². The number of nitrogens with zero attached hydrogens (tertiary/aromatic N) is 5. The van der Waals surface area contributed by atoms with Crippen molar-refractivity contribution in [2.75, 3.05) is 27.3 Å². The molecular weight excluding hydrogens is 956 g/mol. The number of rotatable bonds is 14. The topological polar surface area (TPSA) is 214 Å². The van der Waals surface area contributed by atoms with Crippen molar-refractivity contribution in [3.05, 3.63) is 109 Å². The second-order valence-corrected chi connectivity index (χ2v) is 20.4. The van der Waals surface area contributed by atoms with Gasteiger partial charge in [0, 0.05) is 18.8 Å². The summed E-state index contributed by atoms with van der Waals surface area (Å²) in [6.45, 7) is 8.40. The van der Waals surface area contributed by atoms with E-state index in [0.29, 0.717) is 66.0 Å². The Balaban J connectivity index is 1.07. The van der Waals surface area contributed by atoms with Crippen LogP contribution in [0.2, 0.25) is 0 Å². The van der Waals surface area contributed by atoms with Gasteiger partial charge in [-0.3, -0.25) is 9.59 Å². The Kier molecular flexibility index (Phi) is 14.7. The minimum Gasteiger partial charge on any atom is -0.453 e. The van der Waals surface area contributed by atoms with Crippen LogP contribution in [0, 0.1) is 11.8 Å². The van der Waals surface area contributed by atoms with Crippen molar-refractivity contribution in [2.45, 2.75) is 87.9 Å². The van der Waals surface area contributed by atoms with Crippen molar-refractivity contribution in [1.29, 1.82) is 0 Å². The molecular formula is C51H56F3N9O8S. The number of likely N-dealkylation sites (tertiary alicyclic amines) is 2. The normalized spacial score (nSPS) is 17.0. The first-order chi connectivity index (χ1) is 34.3. The van der Waals surface area contributed by atoms with Crippen LogP contribution in [0.1, 0.15) is 77.1 Å². The number of sulfone groups is 1. The summed E-state index contributed by atoms with van der Waals surface area (Å²) in [6, 6.07) is 21.2. The van der Waals surface area contributed by atoms with Gasteiger partial charge in [-0.1, -0.05) is 76.2 Å². The monoisotopic (exact) mass is 1010 g/mol. The van der Waals surface area contributed by atoms with Crippen LogP contribution in [0.3, 0.4) is 0 Å². The average molecular weight is 1010 g/mol. The van der Waals surface area contributed by atoms with E-state index in [-0.39, 0.29) is 35.7 Å². The summed E-state index contributed by atoms with van der Waals surface area (Å²) in [5.74, 6) is 0.385. The number of hydrogen-bond acceptors (Lipinski definition) is 10. The molecule has 2 fully saturated rings. The molecule has 0 saturated carbocycles. The van der Waals surface area contributed by atoms with Gasteiger partial charge in [-0.25, -0.2) is 28.0 Å². The van der Waals surface area contributed by atoms with Crippen LogP contribution in [0.4, 0.5) is 22.8 Å². The van der Waals surface area contributed by atoms with Gasteiger partial charge < -0.3 is 44.4 Å². The van der Waals surface area contributed by atoms with Crippen LogP contribution in [-0.2, 0) is 28.9 Å². The number of alkyl halides is 3. The predicted octanol–water partition coefficient (Wildman–Crippen LogP) is 8.97. The number of benzene rings is 3. The summed E-state index contributed by atoms with van der Waals surface area (Å²) >= 11 is 0. The van der Waals surface area contributed by atoms with Crippen molar-refractivity contribution in [1.82, 2.24) is 44.9 Å². The first-order valence-electron chi connectivity index (χ1n) is 23.6. The van der Waals surface area contributed by atoms with Crippen LogP contribution in [0.15, 0.2) is 102 Å². The second-order valence-electron chi connectivity index (χ2n) is 18.5. The minimum absolute atomic E-state index is 0.187. The van der Waals surface area contributed by atoms with Crippen LogP contribution < -0.4 is 10.6 Å². The molecule has 21 heteroatoms. The zero-order valence-electron chi connectivity index (χ0n) is 40.5. The number of carbonyl (C=O) groups excluding carboxylic acids is 4. The molecule has 0 aliphatic carbocycles. The highest BCUT2D eigenvalue weighted by molar-refractivity contribution is 7.92. The number of halogens is 3. The van der Waals surface area contributed by atoms with Gasteiger partial charge in [-0.2, -0.15) is 13.2 Å². The van der Waals surface area contributed by atoms with Crippen molar-refractivity contribution >= 4 is 33.8 Å². The number of alkyl carbamates (subject to hydrolysis) is 2. The SMILES string of the molecule is COC(=O)N[C@H](C(=O)N1CCC[C@H]1c1ncc(-c2ccc(-c3ccc(-c4ccc(-c5cnc([C@@H]6CCCN6C(=O)[C@@H](NC(=O)OC)C(C)C)[nH]5)cc4)n3-c3ccc(S(=O)(=O)C(F)(F)F)cc3)cc2)[nH]1)C(C)C. The Morgan fingerprint density at radius 3 is 1.38 bits per heavy atom. The number of methoxy groups -OCH3 is 2. The van der Waals surface area contributed by atoms with E-state index in [1.165, 1.54) is 26.4 Å². The molecule has 17 nitrogen and oxygen atoms in total. The van der Waals surface area contributed by atoms with Gasteiger partial charge in [0.05, 0.1) is 66.4 Å². The van der Waals surface area contributed by atoms with E-state index in [9.17, 15) is 40.8 Å². The first-order valence-corrected chi connectivity index (χ1v) is 25.0. The zero-order chi connectivity index (χ0) is 51.6. The largest absolute Gasteiger partial charge is 0.501 e. The molecule has 4 N–H and O–H groups in total. The van der Waals surface area contributed by atoms with Gasteiger partial charge in [0.15, 0.2) is 0 Å². The molecule has 0 radical (unpaired) electrons. The number of carbonyl (C=O) groups is 4. The quantitative estimate of drug-likeness (QED) is 0.0813. The number of hydrogen-bond donors (Lipinski definition) is 4. The van der Waals surface area contributed by atoms with Crippen LogP contribution in [-0.4, -0.2) is 112 Å². The molecule has 3 aromatic carbocycles. The van der Waals surface area contributed by atoms with E-state index in [1.807, 2.05) is 92.9 Å². The Hall–Kier alpha value is -7.42. The van der Waals surface area contributed by atoms with Gasteiger partial charge in [-0.05, 0) is 96.2 Å². The Morgan fingerprint density at radius 2 is 1.01 bits per heavy atom. The van der Waals surface area contributed by atoms with Crippen LogP contribution in [0.25, 0.3) is 50.7 Å². The highest BCUT2D eigenvalue weighted by atomic mass is 32.2. The summed E-state index contributed by atoms with van der Waals surface area (Å²) in [4.78, 5) is 70.2. The zero-order valence-corrected chi connectivity index (χ0v) is 41.3. The fourth-order valence-electron chi connectivity index (χ4n) is 9.41.